The molecule has 0 bridgehead atoms. The molecule has 0 aromatic rings. The van der Waals surface area contributed by atoms with Gasteiger partial charge in [-0.2, -0.15) is 0 Å². The zero-order valence-corrected chi connectivity index (χ0v) is 15.8. The van der Waals surface area contributed by atoms with Crippen molar-refractivity contribution in [3.63, 3.8) is 0 Å². The lowest BCUT2D eigenvalue weighted by Gasteiger charge is -2.27. The average Bonchev–Trinajstić information content (AvgIpc) is 2.47. The number of aliphatic hydroxyl groups excluding tert-OH is 1. The van der Waals surface area contributed by atoms with Gasteiger partial charge in [-0.1, -0.05) is 85.5 Å². The molecule has 0 spiro atoms. The standard InChI is InChI=1S/C20H42O2/c1-5-6-7-8-9-10-11-12-13-14-15-22-18-20(3,4)16-19(2)17-21/h19,21H,5-18H2,1-4H3. The molecule has 1 unspecified atom stereocenters. The minimum Gasteiger partial charge on any atom is -0.396 e. The zero-order valence-electron chi connectivity index (χ0n) is 15.8. The van der Waals surface area contributed by atoms with E-state index in [1.165, 1.54) is 64.2 Å². The molecular weight excluding hydrogens is 272 g/mol. The smallest absolute Gasteiger partial charge is 0.0517 e. The summed E-state index contributed by atoms with van der Waals surface area (Å²) < 4.78 is 5.83. The van der Waals surface area contributed by atoms with Crippen LogP contribution in [0.15, 0.2) is 0 Å². The first-order valence-electron chi connectivity index (χ1n) is 9.70. The topological polar surface area (TPSA) is 29.5 Å². The van der Waals surface area contributed by atoms with Crippen LogP contribution in [0.1, 0.15) is 98.3 Å². The highest BCUT2D eigenvalue weighted by Crippen LogP contribution is 2.25. The number of hydrogen-bond donors (Lipinski definition) is 1. The van der Waals surface area contributed by atoms with Crippen LogP contribution in [0.4, 0.5) is 0 Å². The molecule has 0 radical (unpaired) electrons. The highest BCUT2D eigenvalue weighted by Gasteiger charge is 2.20. The van der Waals surface area contributed by atoms with Crippen molar-refractivity contribution in [2.24, 2.45) is 11.3 Å². The van der Waals surface area contributed by atoms with Gasteiger partial charge in [0.25, 0.3) is 0 Å². The van der Waals surface area contributed by atoms with E-state index in [1.807, 2.05) is 0 Å². The summed E-state index contributed by atoms with van der Waals surface area (Å²) in [6.07, 6.45) is 14.7. The van der Waals surface area contributed by atoms with Gasteiger partial charge < -0.3 is 9.84 Å². The first kappa shape index (κ1) is 21.9. The second kappa shape index (κ2) is 14.5. The van der Waals surface area contributed by atoms with E-state index in [1.54, 1.807) is 0 Å². The van der Waals surface area contributed by atoms with Crippen LogP contribution in [-0.2, 0) is 4.74 Å². The second-order valence-electron chi connectivity index (χ2n) is 7.89. The number of hydrogen-bond acceptors (Lipinski definition) is 2. The Labute approximate surface area is 140 Å². The summed E-state index contributed by atoms with van der Waals surface area (Å²) in [7, 11) is 0. The summed E-state index contributed by atoms with van der Waals surface area (Å²) >= 11 is 0. The fourth-order valence-electron chi connectivity index (χ4n) is 3.11. The van der Waals surface area contributed by atoms with Crippen molar-refractivity contribution in [2.75, 3.05) is 19.8 Å². The Morgan fingerprint density at radius 2 is 1.36 bits per heavy atom. The Morgan fingerprint density at radius 3 is 1.86 bits per heavy atom. The van der Waals surface area contributed by atoms with Crippen LogP contribution in [0, 0.1) is 11.3 Å². The molecule has 0 amide bonds. The van der Waals surface area contributed by atoms with Crippen LogP contribution in [0.3, 0.4) is 0 Å². The van der Waals surface area contributed by atoms with Gasteiger partial charge in [0.05, 0.1) is 6.61 Å². The van der Waals surface area contributed by atoms with Gasteiger partial charge in [0.15, 0.2) is 0 Å². The predicted octanol–water partition coefficient (Wildman–Crippen LogP) is 5.97. The molecule has 1 N–H and O–H groups in total. The van der Waals surface area contributed by atoms with Crippen molar-refractivity contribution >= 4 is 0 Å². The highest BCUT2D eigenvalue weighted by atomic mass is 16.5. The second-order valence-corrected chi connectivity index (χ2v) is 7.89. The summed E-state index contributed by atoms with van der Waals surface area (Å²) in [6, 6.07) is 0. The molecule has 22 heavy (non-hydrogen) atoms. The molecule has 0 aliphatic rings. The fraction of sp³-hybridized carbons (Fsp3) is 1.00. The molecule has 1 atom stereocenters. The van der Waals surface area contributed by atoms with Gasteiger partial charge >= 0.3 is 0 Å². The van der Waals surface area contributed by atoms with Crippen LogP contribution in [0.2, 0.25) is 0 Å². The van der Waals surface area contributed by atoms with E-state index in [9.17, 15) is 0 Å². The van der Waals surface area contributed by atoms with Crippen molar-refractivity contribution in [1.82, 2.24) is 0 Å². The number of unbranched alkanes of at least 4 members (excludes halogenated alkanes) is 9. The van der Waals surface area contributed by atoms with Crippen molar-refractivity contribution in [1.29, 1.82) is 0 Å². The van der Waals surface area contributed by atoms with Crippen molar-refractivity contribution in [3.8, 4) is 0 Å². The van der Waals surface area contributed by atoms with E-state index in [2.05, 4.69) is 27.7 Å². The molecule has 0 aromatic heterocycles. The Bertz CT molecular complexity index is 226. The zero-order chi connectivity index (χ0) is 16.7. The summed E-state index contributed by atoms with van der Waals surface area (Å²) in [5, 5.41) is 9.13. The Hall–Kier alpha value is -0.0800. The van der Waals surface area contributed by atoms with E-state index in [0.29, 0.717) is 5.92 Å². The van der Waals surface area contributed by atoms with Gasteiger partial charge in [-0.25, -0.2) is 0 Å². The minimum atomic E-state index is 0.181. The number of rotatable bonds is 16. The Kier molecular flexibility index (Phi) is 14.5. The summed E-state index contributed by atoms with van der Waals surface area (Å²) in [5.74, 6) is 0.371. The van der Waals surface area contributed by atoms with E-state index in [4.69, 9.17) is 9.84 Å². The van der Waals surface area contributed by atoms with E-state index < -0.39 is 0 Å². The molecule has 0 saturated carbocycles. The number of aliphatic hydroxyl groups is 1. The Balaban J connectivity index is 3.29. The van der Waals surface area contributed by atoms with E-state index in [0.717, 1.165) is 19.6 Å². The predicted molar refractivity (Wildman–Crippen MR) is 97.3 cm³/mol. The molecule has 0 rings (SSSR count). The van der Waals surface area contributed by atoms with E-state index in [-0.39, 0.29) is 12.0 Å². The van der Waals surface area contributed by atoms with Gasteiger partial charge in [-0.15, -0.1) is 0 Å². The molecule has 2 heteroatoms. The monoisotopic (exact) mass is 314 g/mol. The third-order valence-corrected chi connectivity index (χ3v) is 4.35. The summed E-state index contributed by atoms with van der Waals surface area (Å²) in [6.45, 7) is 10.8. The van der Waals surface area contributed by atoms with Crippen LogP contribution >= 0.6 is 0 Å². The molecule has 134 valence electrons. The third kappa shape index (κ3) is 14.8. The van der Waals surface area contributed by atoms with Crippen molar-refractivity contribution in [3.05, 3.63) is 0 Å². The van der Waals surface area contributed by atoms with Gasteiger partial charge in [0.1, 0.15) is 0 Å². The maximum absolute atomic E-state index is 9.13. The Morgan fingerprint density at radius 1 is 0.864 bits per heavy atom. The fourth-order valence-corrected chi connectivity index (χ4v) is 3.11. The van der Waals surface area contributed by atoms with Crippen LogP contribution in [-0.4, -0.2) is 24.9 Å². The molecule has 0 fully saturated rings. The van der Waals surface area contributed by atoms with Gasteiger partial charge in [0, 0.05) is 13.2 Å². The third-order valence-electron chi connectivity index (χ3n) is 4.35. The maximum Gasteiger partial charge on any atom is 0.0517 e. The number of ether oxygens (including phenoxy) is 1. The normalized spacial score (nSPS) is 13.5. The van der Waals surface area contributed by atoms with Gasteiger partial charge in [-0.3, -0.25) is 0 Å². The minimum absolute atomic E-state index is 0.181. The van der Waals surface area contributed by atoms with Gasteiger partial charge in [-0.05, 0) is 24.2 Å². The summed E-state index contributed by atoms with van der Waals surface area (Å²) in [5.41, 5.74) is 0.181. The lowest BCUT2D eigenvalue weighted by molar-refractivity contribution is 0.0421. The molecular formula is C20H42O2. The van der Waals surface area contributed by atoms with Crippen LogP contribution < -0.4 is 0 Å². The van der Waals surface area contributed by atoms with E-state index >= 15 is 0 Å². The lowest BCUT2D eigenvalue weighted by Crippen LogP contribution is -2.23. The summed E-state index contributed by atoms with van der Waals surface area (Å²) in [4.78, 5) is 0. The molecule has 2 nitrogen and oxygen atoms in total. The molecule has 0 aliphatic carbocycles. The first-order valence-corrected chi connectivity index (χ1v) is 9.70. The lowest BCUT2D eigenvalue weighted by atomic mass is 9.84. The van der Waals surface area contributed by atoms with Crippen molar-refractivity contribution < 1.29 is 9.84 Å². The van der Waals surface area contributed by atoms with Crippen LogP contribution in [0.5, 0.6) is 0 Å². The average molecular weight is 315 g/mol. The quantitative estimate of drug-likeness (QED) is 0.356. The van der Waals surface area contributed by atoms with Gasteiger partial charge in [0.2, 0.25) is 0 Å². The largest absolute Gasteiger partial charge is 0.396 e. The SMILES string of the molecule is CCCCCCCCCCCCOCC(C)(C)CC(C)CO. The molecule has 0 heterocycles. The molecule has 0 aromatic carbocycles. The highest BCUT2D eigenvalue weighted by molar-refractivity contribution is 4.71. The maximum atomic E-state index is 9.13. The first-order chi connectivity index (χ1) is 10.5. The van der Waals surface area contributed by atoms with Crippen LogP contribution in [0.25, 0.3) is 0 Å². The molecule has 0 saturated heterocycles. The molecule has 0 aliphatic heterocycles. The van der Waals surface area contributed by atoms with Crippen molar-refractivity contribution in [2.45, 2.75) is 98.3 Å².